The summed E-state index contributed by atoms with van der Waals surface area (Å²) >= 11 is 0. The monoisotopic (exact) mass is 413 g/mol. The van der Waals surface area contributed by atoms with Crippen LogP contribution < -0.4 is 9.64 Å². The number of hydrogen-bond acceptors (Lipinski definition) is 6. The second-order valence-corrected chi connectivity index (χ2v) is 7.03. The summed E-state index contributed by atoms with van der Waals surface area (Å²) in [7, 11) is 0. The van der Waals surface area contributed by atoms with Crippen molar-refractivity contribution >= 4 is 23.3 Å². The summed E-state index contributed by atoms with van der Waals surface area (Å²) in [4.78, 5) is 37.6. The number of ether oxygens (including phenoxy) is 1. The number of carboxylic acid groups (broad SMARTS) is 1. The lowest BCUT2D eigenvalue weighted by Crippen LogP contribution is -2.49. The lowest BCUT2D eigenvalue weighted by molar-refractivity contribution is -0.384. The van der Waals surface area contributed by atoms with Gasteiger partial charge in [0.1, 0.15) is 5.75 Å². The van der Waals surface area contributed by atoms with Gasteiger partial charge in [-0.05, 0) is 42.8 Å². The molecular formula is C21H23N3O6. The maximum absolute atomic E-state index is 12.5. The van der Waals surface area contributed by atoms with Gasteiger partial charge in [0, 0.05) is 44.0 Å². The number of anilines is 1. The van der Waals surface area contributed by atoms with Crippen LogP contribution in [-0.4, -0.2) is 59.6 Å². The van der Waals surface area contributed by atoms with E-state index in [0.717, 1.165) is 5.69 Å². The van der Waals surface area contributed by atoms with Crippen LogP contribution >= 0.6 is 0 Å². The molecule has 2 aromatic rings. The highest BCUT2D eigenvalue weighted by atomic mass is 16.6. The van der Waals surface area contributed by atoms with Crippen LogP contribution in [0.5, 0.6) is 5.75 Å². The van der Waals surface area contributed by atoms with Crippen molar-refractivity contribution < 1.29 is 24.4 Å². The van der Waals surface area contributed by atoms with Crippen molar-refractivity contribution in [2.24, 2.45) is 0 Å². The normalized spacial score (nSPS) is 13.8. The molecule has 0 saturated carbocycles. The van der Waals surface area contributed by atoms with Crippen molar-refractivity contribution in [2.45, 2.75) is 13.3 Å². The van der Waals surface area contributed by atoms with Crippen molar-refractivity contribution in [3.63, 3.8) is 0 Å². The minimum Gasteiger partial charge on any atom is -0.493 e. The number of carboxylic acids is 1. The SMILES string of the molecule is Cc1cc([N+](=O)[O-])ccc1OCCC(=O)N1CCN(c2ccc(C(=O)O)cc2)CC1. The molecule has 1 saturated heterocycles. The zero-order valence-electron chi connectivity index (χ0n) is 16.6. The Kier molecular flexibility index (Phi) is 6.51. The van der Waals surface area contributed by atoms with Crippen LogP contribution in [0.15, 0.2) is 42.5 Å². The van der Waals surface area contributed by atoms with E-state index in [4.69, 9.17) is 9.84 Å². The summed E-state index contributed by atoms with van der Waals surface area (Å²) in [6.07, 6.45) is 0.226. The summed E-state index contributed by atoms with van der Waals surface area (Å²) in [5.41, 5.74) is 1.84. The highest BCUT2D eigenvalue weighted by Crippen LogP contribution is 2.23. The van der Waals surface area contributed by atoms with E-state index in [2.05, 4.69) is 4.90 Å². The Morgan fingerprint density at radius 2 is 1.77 bits per heavy atom. The van der Waals surface area contributed by atoms with Gasteiger partial charge in [-0.1, -0.05) is 0 Å². The molecule has 9 nitrogen and oxygen atoms in total. The number of nitro benzene ring substituents is 1. The summed E-state index contributed by atoms with van der Waals surface area (Å²) in [6, 6.07) is 11.1. The summed E-state index contributed by atoms with van der Waals surface area (Å²) < 4.78 is 5.63. The first-order valence-corrected chi connectivity index (χ1v) is 9.59. The lowest BCUT2D eigenvalue weighted by Gasteiger charge is -2.36. The smallest absolute Gasteiger partial charge is 0.335 e. The van der Waals surface area contributed by atoms with Crippen molar-refractivity contribution in [2.75, 3.05) is 37.7 Å². The zero-order valence-corrected chi connectivity index (χ0v) is 16.6. The first kappa shape index (κ1) is 21.1. The van der Waals surface area contributed by atoms with Crippen LogP contribution in [0.1, 0.15) is 22.3 Å². The van der Waals surface area contributed by atoms with E-state index >= 15 is 0 Å². The minimum absolute atomic E-state index is 0.00422. The maximum Gasteiger partial charge on any atom is 0.335 e. The van der Waals surface area contributed by atoms with E-state index in [0.29, 0.717) is 37.5 Å². The standard InChI is InChI=1S/C21H23N3O6/c1-15-14-18(24(28)29)6-7-19(15)30-13-8-20(25)23-11-9-22(10-12-23)17-4-2-16(3-5-17)21(26)27/h2-7,14H,8-13H2,1H3,(H,26,27). The molecule has 1 N–H and O–H groups in total. The Balaban J connectivity index is 1.45. The van der Waals surface area contributed by atoms with E-state index in [1.165, 1.54) is 12.1 Å². The Labute approximate surface area is 173 Å². The van der Waals surface area contributed by atoms with E-state index in [1.807, 2.05) is 0 Å². The molecule has 0 radical (unpaired) electrons. The number of nitrogens with zero attached hydrogens (tertiary/aromatic N) is 3. The van der Waals surface area contributed by atoms with Gasteiger partial charge < -0.3 is 19.6 Å². The zero-order chi connectivity index (χ0) is 21.7. The number of amides is 1. The Bertz CT molecular complexity index is 936. The largest absolute Gasteiger partial charge is 0.493 e. The fourth-order valence-electron chi connectivity index (χ4n) is 3.34. The molecule has 0 aromatic heterocycles. The number of aryl methyl sites for hydroxylation is 1. The molecule has 0 atom stereocenters. The van der Waals surface area contributed by atoms with E-state index < -0.39 is 10.9 Å². The van der Waals surface area contributed by atoms with Crippen LogP contribution in [-0.2, 0) is 4.79 Å². The predicted molar refractivity (Wildman–Crippen MR) is 110 cm³/mol. The van der Waals surface area contributed by atoms with Crippen molar-refractivity contribution in [3.8, 4) is 5.75 Å². The third kappa shape index (κ3) is 5.05. The Morgan fingerprint density at radius 1 is 1.10 bits per heavy atom. The third-order valence-corrected chi connectivity index (χ3v) is 5.05. The second kappa shape index (κ2) is 9.25. The van der Waals surface area contributed by atoms with Gasteiger partial charge in [-0.3, -0.25) is 14.9 Å². The quantitative estimate of drug-likeness (QED) is 0.548. The number of nitro groups is 1. The maximum atomic E-state index is 12.5. The molecule has 1 amide bonds. The molecule has 2 aromatic carbocycles. The second-order valence-electron chi connectivity index (χ2n) is 7.03. The number of hydrogen-bond donors (Lipinski definition) is 1. The first-order chi connectivity index (χ1) is 14.3. The number of non-ortho nitro benzene ring substituents is 1. The molecule has 0 spiro atoms. The molecule has 1 heterocycles. The average molecular weight is 413 g/mol. The highest BCUT2D eigenvalue weighted by molar-refractivity contribution is 5.88. The van der Waals surface area contributed by atoms with Crippen LogP contribution in [0.25, 0.3) is 0 Å². The molecule has 1 aliphatic rings. The van der Waals surface area contributed by atoms with Gasteiger partial charge in [0.25, 0.3) is 5.69 Å². The number of aromatic carboxylic acids is 1. The Morgan fingerprint density at radius 3 is 2.33 bits per heavy atom. The number of carbonyl (C=O) groups is 2. The minimum atomic E-state index is -0.955. The summed E-state index contributed by atoms with van der Waals surface area (Å²) in [5, 5.41) is 19.8. The average Bonchev–Trinajstić information content (AvgIpc) is 2.74. The molecule has 1 aliphatic heterocycles. The molecule has 0 aliphatic carbocycles. The topological polar surface area (TPSA) is 113 Å². The van der Waals surface area contributed by atoms with Gasteiger partial charge in [-0.15, -0.1) is 0 Å². The van der Waals surface area contributed by atoms with E-state index in [9.17, 15) is 19.7 Å². The molecule has 3 rings (SSSR count). The highest BCUT2D eigenvalue weighted by Gasteiger charge is 2.21. The molecule has 30 heavy (non-hydrogen) atoms. The fraction of sp³-hybridized carbons (Fsp3) is 0.333. The predicted octanol–water partition coefficient (Wildman–Crippen LogP) is 2.72. The van der Waals surface area contributed by atoms with Gasteiger partial charge in [0.2, 0.25) is 5.91 Å². The van der Waals surface area contributed by atoms with Gasteiger partial charge >= 0.3 is 5.97 Å². The molecule has 158 valence electrons. The van der Waals surface area contributed by atoms with Gasteiger partial charge in [0.15, 0.2) is 0 Å². The molecule has 0 unspecified atom stereocenters. The van der Waals surface area contributed by atoms with E-state index in [1.54, 1.807) is 42.2 Å². The van der Waals surface area contributed by atoms with Gasteiger partial charge in [-0.2, -0.15) is 0 Å². The molecule has 1 fully saturated rings. The number of benzene rings is 2. The van der Waals surface area contributed by atoms with Crippen LogP contribution in [0.4, 0.5) is 11.4 Å². The number of rotatable bonds is 7. The summed E-state index contributed by atoms with van der Waals surface area (Å²) in [6.45, 7) is 4.42. The van der Waals surface area contributed by atoms with Crippen LogP contribution in [0, 0.1) is 17.0 Å². The molecular weight excluding hydrogens is 390 g/mol. The van der Waals surface area contributed by atoms with Crippen LogP contribution in [0.2, 0.25) is 0 Å². The number of carbonyl (C=O) groups excluding carboxylic acids is 1. The first-order valence-electron chi connectivity index (χ1n) is 9.59. The summed E-state index contributed by atoms with van der Waals surface area (Å²) in [5.74, 6) is -0.429. The molecule has 9 heteroatoms. The van der Waals surface area contributed by atoms with Crippen molar-refractivity contribution in [1.82, 2.24) is 4.90 Å². The van der Waals surface area contributed by atoms with Gasteiger partial charge in [-0.25, -0.2) is 4.79 Å². The lowest BCUT2D eigenvalue weighted by atomic mass is 10.2. The molecule has 0 bridgehead atoms. The number of piperazine rings is 1. The Hall–Kier alpha value is -3.62. The van der Waals surface area contributed by atoms with Gasteiger partial charge in [0.05, 0.1) is 23.5 Å². The van der Waals surface area contributed by atoms with E-state index in [-0.39, 0.29) is 30.2 Å². The van der Waals surface area contributed by atoms with Crippen LogP contribution in [0.3, 0.4) is 0 Å². The fourth-order valence-corrected chi connectivity index (χ4v) is 3.34. The van der Waals surface area contributed by atoms with Crippen molar-refractivity contribution in [3.05, 3.63) is 63.7 Å². The third-order valence-electron chi connectivity index (χ3n) is 5.05. The van der Waals surface area contributed by atoms with Crippen molar-refractivity contribution in [1.29, 1.82) is 0 Å².